The quantitative estimate of drug-likeness (QED) is 0.871. The largest absolute Gasteiger partial charge is 0.493 e. The Kier molecular flexibility index (Phi) is 4.72. The van der Waals surface area contributed by atoms with E-state index in [-0.39, 0.29) is 5.82 Å². The number of rotatable bonds is 5. The predicted molar refractivity (Wildman–Crippen MR) is 99.5 cm³/mol. The molecular weight excluding hydrogens is 329 g/mol. The molecule has 2 bridgehead atoms. The maximum atomic E-state index is 13.9. The first kappa shape index (κ1) is 17.5. The zero-order valence-corrected chi connectivity index (χ0v) is 15.2. The van der Waals surface area contributed by atoms with Gasteiger partial charge in [-0.05, 0) is 56.4 Å². The Morgan fingerprint density at radius 3 is 2.46 bits per heavy atom. The van der Waals surface area contributed by atoms with E-state index in [0.717, 1.165) is 19.4 Å². The van der Waals surface area contributed by atoms with Crippen molar-refractivity contribution < 1.29 is 14.2 Å². The van der Waals surface area contributed by atoms with Crippen molar-refractivity contribution in [1.29, 1.82) is 0 Å². The molecule has 2 aromatic carbocycles. The van der Waals surface area contributed by atoms with Crippen molar-refractivity contribution in [3.8, 4) is 5.75 Å². The van der Waals surface area contributed by atoms with Crippen LogP contribution in [-0.2, 0) is 12.1 Å². The molecule has 2 heterocycles. The van der Waals surface area contributed by atoms with Gasteiger partial charge in [-0.3, -0.25) is 4.90 Å². The smallest absolute Gasteiger partial charge is 0.125 e. The van der Waals surface area contributed by atoms with Crippen molar-refractivity contribution in [2.75, 3.05) is 6.61 Å². The second kappa shape index (κ2) is 7.01. The Bertz CT molecular complexity index is 750. The van der Waals surface area contributed by atoms with E-state index in [9.17, 15) is 9.50 Å². The predicted octanol–water partition coefficient (Wildman–Crippen LogP) is 4.24. The van der Waals surface area contributed by atoms with Gasteiger partial charge in [-0.2, -0.15) is 0 Å². The second-order valence-electron chi connectivity index (χ2n) is 7.56. The minimum atomic E-state index is -1.02. The van der Waals surface area contributed by atoms with E-state index < -0.39 is 5.60 Å². The van der Waals surface area contributed by atoms with E-state index in [4.69, 9.17) is 4.74 Å². The molecule has 4 rings (SSSR count). The van der Waals surface area contributed by atoms with Gasteiger partial charge >= 0.3 is 0 Å². The van der Waals surface area contributed by atoms with Crippen LogP contribution in [0, 0.1) is 5.82 Å². The highest BCUT2D eigenvalue weighted by Crippen LogP contribution is 2.48. The van der Waals surface area contributed by atoms with Crippen LogP contribution in [0.25, 0.3) is 0 Å². The van der Waals surface area contributed by atoms with Gasteiger partial charge < -0.3 is 9.84 Å². The van der Waals surface area contributed by atoms with Crippen LogP contribution in [0.3, 0.4) is 0 Å². The third kappa shape index (κ3) is 3.24. The second-order valence-corrected chi connectivity index (χ2v) is 7.56. The van der Waals surface area contributed by atoms with Gasteiger partial charge in [0.2, 0.25) is 0 Å². The summed E-state index contributed by atoms with van der Waals surface area (Å²) in [5.41, 5.74) is 0.886. The lowest BCUT2D eigenvalue weighted by molar-refractivity contribution is -0.0610. The van der Waals surface area contributed by atoms with Gasteiger partial charge in [0.25, 0.3) is 0 Å². The Morgan fingerprint density at radius 1 is 1.12 bits per heavy atom. The minimum absolute atomic E-state index is 0.316. The van der Waals surface area contributed by atoms with Crippen molar-refractivity contribution in [2.24, 2.45) is 0 Å². The van der Waals surface area contributed by atoms with Gasteiger partial charge in [-0.1, -0.05) is 30.3 Å². The molecule has 1 N–H and O–H groups in total. The van der Waals surface area contributed by atoms with Crippen LogP contribution in [0.2, 0.25) is 0 Å². The van der Waals surface area contributed by atoms with Crippen LogP contribution in [0.1, 0.15) is 43.7 Å². The summed E-state index contributed by atoms with van der Waals surface area (Å²) in [6, 6.07) is 15.6. The Morgan fingerprint density at radius 2 is 1.81 bits per heavy atom. The molecule has 2 unspecified atom stereocenters. The molecule has 0 radical (unpaired) electrons. The monoisotopic (exact) mass is 355 g/mol. The molecule has 0 aliphatic carbocycles. The first-order chi connectivity index (χ1) is 12.6. The van der Waals surface area contributed by atoms with Gasteiger partial charge in [-0.25, -0.2) is 4.39 Å². The van der Waals surface area contributed by atoms with Gasteiger partial charge in [-0.15, -0.1) is 0 Å². The normalized spacial score (nSPS) is 28.3. The number of nitrogens with zero attached hydrogens (tertiary/aromatic N) is 1. The van der Waals surface area contributed by atoms with Crippen molar-refractivity contribution >= 4 is 0 Å². The van der Waals surface area contributed by atoms with E-state index in [2.05, 4.69) is 29.2 Å². The number of ether oxygens (including phenoxy) is 1. The maximum Gasteiger partial charge on any atom is 0.125 e. The number of piperidine rings is 1. The van der Waals surface area contributed by atoms with Gasteiger partial charge in [0.1, 0.15) is 11.6 Å². The van der Waals surface area contributed by atoms with Crippen LogP contribution in [0.4, 0.5) is 4.39 Å². The highest BCUT2D eigenvalue weighted by Gasteiger charge is 2.49. The van der Waals surface area contributed by atoms with Crippen molar-refractivity contribution in [3.63, 3.8) is 0 Å². The van der Waals surface area contributed by atoms with Crippen molar-refractivity contribution in [1.82, 2.24) is 4.90 Å². The fourth-order valence-electron chi connectivity index (χ4n) is 4.74. The highest BCUT2D eigenvalue weighted by atomic mass is 19.1. The van der Waals surface area contributed by atoms with Crippen LogP contribution < -0.4 is 4.74 Å². The zero-order valence-electron chi connectivity index (χ0n) is 15.2. The maximum absolute atomic E-state index is 13.9. The topological polar surface area (TPSA) is 32.7 Å². The minimum Gasteiger partial charge on any atom is -0.493 e. The fourth-order valence-corrected chi connectivity index (χ4v) is 4.74. The summed E-state index contributed by atoms with van der Waals surface area (Å²) in [6.45, 7) is 3.32. The highest BCUT2D eigenvalue weighted by molar-refractivity contribution is 5.40. The standard InChI is InChI=1S/C22H26FNO2/c1-2-26-21-11-8-17(23)12-20(21)22(25)13-18-9-10-19(14-22)24(18)15-16-6-4-3-5-7-16/h3-8,11-12,18-19,25H,2,9-10,13-15H2,1H3. The van der Waals surface area contributed by atoms with Gasteiger partial charge in [0.15, 0.2) is 0 Å². The lowest BCUT2D eigenvalue weighted by Crippen LogP contribution is -2.49. The number of halogens is 1. The molecule has 0 aromatic heterocycles. The molecule has 2 aliphatic heterocycles. The van der Waals surface area contributed by atoms with Gasteiger partial charge in [0, 0.05) is 24.2 Å². The summed E-state index contributed by atoms with van der Waals surface area (Å²) in [5, 5.41) is 11.5. The van der Waals surface area contributed by atoms with E-state index >= 15 is 0 Å². The molecule has 3 nitrogen and oxygen atoms in total. The van der Waals surface area contributed by atoms with E-state index in [1.54, 1.807) is 6.07 Å². The SMILES string of the molecule is CCOc1ccc(F)cc1C1(O)CC2CCC(C1)N2Cc1ccccc1. The number of benzene rings is 2. The average molecular weight is 355 g/mol. The molecule has 2 atom stereocenters. The molecule has 4 heteroatoms. The third-order valence-electron chi connectivity index (χ3n) is 5.87. The van der Waals surface area contributed by atoms with Crippen LogP contribution in [-0.4, -0.2) is 28.7 Å². The molecule has 0 saturated carbocycles. The average Bonchev–Trinajstić information content (AvgIpc) is 2.88. The molecule has 2 fully saturated rings. The summed E-state index contributed by atoms with van der Waals surface area (Å²) in [5.74, 6) is 0.281. The third-order valence-corrected chi connectivity index (χ3v) is 5.87. The first-order valence-electron chi connectivity index (χ1n) is 9.54. The van der Waals surface area contributed by atoms with Crippen LogP contribution in [0.15, 0.2) is 48.5 Å². The summed E-state index contributed by atoms with van der Waals surface area (Å²) < 4.78 is 19.6. The molecule has 2 aliphatic rings. The number of fused-ring (bicyclic) bond motifs is 2. The fraction of sp³-hybridized carbons (Fsp3) is 0.455. The lowest BCUT2D eigenvalue weighted by atomic mass is 9.80. The van der Waals surface area contributed by atoms with Crippen molar-refractivity contribution in [3.05, 3.63) is 65.5 Å². The van der Waals surface area contributed by atoms with Crippen molar-refractivity contribution in [2.45, 2.75) is 56.8 Å². The summed E-state index contributed by atoms with van der Waals surface area (Å²) >= 11 is 0. The molecule has 2 aromatic rings. The molecular formula is C22H26FNO2. The molecule has 0 spiro atoms. The number of hydrogen-bond donors (Lipinski definition) is 1. The molecule has 0 amide bonds. The molecule has 26 heavy (non-hydrogen) atoms. The molecule has 138 valence electrons. The lowest BCUT2D eigenvalue weighted by Gasteiger charge is -2.44. The first-order valence-corrected chi connectivity index (χ1v) is 9.54. The Labute approximate surface area is 154 Å². The van der Waals surface area contributed by atoms with E-state index in [0.29, 0.717) is 42.8 Å². The summed E-state index contributed by atoms with van der Waals surface area (Å²) in [6.07, 6.45) is 3.41. The number of aliphatic hydroxyl groups is 1. The summed E-state index contributed by atoms with van der Waals surface area (Å²) in [7, 11) is 0. The number of hydrogen-bond acceptors (Lipinski definition) is 3. The molecule has 2 saturated heterocycles. The summed E-state index contributed by atoms with van der Waals surface area (Å²) in [4.78, 5) is 2.52. The van der Waals surface area contributed by atoms with Crippen LogP contribution >= 0.6 is 0 Å². The zero-order chi connectivity index (χ0) is 18.1. The Hall–Kier alpha value is -1.91. The van der Waals surface area contributed by atoms with Gasteiger partial charge in [0.05, 0.1) is 12.2 Å². The van der Waals surface area contributed by atoms with Crippen LogP contribution in [0.5, 0.6) is 5.75 Å². The Balaban J connectivity index is 1.59. The van der Waals surface area contributed by atoms with E-state index in [1.807, 2.05) is 13.0 Å². The van der Waals surface area contributed by atoms with E-state index in [1.165, 1.54) is 17.7 Å².